The first-order valence-corrected chi connectivity index (χ1v) is 16.9. The van der Waals surface area contributed by atoms with Crippen molar-refractivity contribution in [3.05, 3.63) is 65.7 Å². The van der Waals surface area contributed by atoms with E-state index < -0.39 is 0 Å². The minimum absolute atomic E-state index is 0.0205. The van der Waals surface area contributed by atoms with E-state index in [1.807, 2.05) is 49.4 Å². The van der Waals surface area contributed by atoms with Crippen molar-refractivity contribution in [1.82, 2.24) is 5.32 Å². The van der Waals surface area contributed by atoms with Crippen molar-refractivity contribution in [3.8, 4) is 0 Å². The number of carbonyl (C=O) groups excluding carboxylic acids is 2. The van der Waals surface area contributed by atoms with Crippen LogP contribution in [0.15, 0.2) is 54.6 Å². The van der Waals surface area contributed by atoms with Crippen molar-refractivity contribution < 1.29 is 9.59 Å². The van der Waals surface area contributed by atoms with Crippen molar-refractivity contribution in [2.45, 2.75) is 148 Å². The quantitative estimate of drug-likeness (QED) is 0.125. The number of benzene rings is 2. The first-order valence-electron chi connectivity index (χ1n) is 16.9. The first-order chi connectivity index (χ1) is 20.1. The van der Waals surface area contributed by atoms with Crippen LogP contribution in [0.1, 0.15) is 164 Å². The minimum atomic E-state index is -0.142. The molecule has 0 aliphatic rings. The fraction of sp³-hybridized carbons (Fsp3) is 0.622. The smallest absolute Gasteiger partial charge is 0.251 e. The highest BCUT2D eigenvalue weighted by molar-refractivity contribution is 5.97. The van der Waals surface area contributed by atoms with Crippen LogP contribution in [-0.2, 0) is 4.79 Å². The summed E-state index contributed by atoms with van der Waals surface area (Å²) in [6.07, 6.45) is 26.1. The summed E-state index contributed by atoms with van der Waals surface area (Å²) in [7, 11) is 0. The van der Waals surface area contributed by atoms with Crippen LogP contribution in [0.3, 0.4) is 0 Å². The molecular weight excluding hydrogens is 504 g/mol. The largest absolute Gasteiger partial charge is 0.346 e. The molecule has 0 aromatic heterocycles. The van der Waals surface area contributed by atoms with Gasteiger partial charge in [-0.05, 0) is 37.1 Å². The van der Waals surface area contributed by atoms with Crippen LogP contribution in [0.2, 0.25) is 0 Å². The van der Waals surface area contributed by atoms with Gasteiger partial charge in [0.1, 0.15) is 0 Å². The van der Waals surface area contributed by atoms with Gasteiger partial charge in [0.15, 0.2) is 0 Å². The molecule has 0 radical (unpaired) electrons. The van der Waals surface area contributed by atoms with Crippen LogP contribution in [0.25, 0.3) is 0 Å². The molecule has 0 bridgehead atoms. The number of amides is 2. The summed E-state index contributed by atoms with van der Waals surface area (Å²) in [6, 6.07) is 17.0. The van der Waals surface area contributed by atoms with Gasteiger partial charge in [-0.15, -0.1) is 0 Å². The summed E-state index contributed by atoms with van der Waals surface area (Å²) in [5, 5.41) is 5.99. The van der Waals surface area contributed by atoms with Gasteiger partial charge in [0.05, 0.1) is 6.04 Å². The van der Waals surface area contributed by atoms with Crippen molar-refractivity contribution in [2.75, 3.05) is 5.32 Å². The zero-order chi connectivity index (χ0) is 29.4. The second kappa shape index (κ2) is 23.0. The van der Waals surface area contributed by atoms with Crippen molar-refractivity contribution in [2.24, 2.45) is 0 Å². The molecule has 2 aromatic carbocycles. The highest BCUT2D eigenvalue weighted by atomic mass is 16.2. The topological polar surface area (TPSA) is 58.2 Å². The Hall–Kier alpha value is -2.62. The lowest BCUT2D eigenvalue weighted by Crippen LogP contribution is -2.26. The van der Waals surface area contributed by atoms with Gasteiger partial charge in [0.25, 0.3) is 5.91 Å². The number of hydrogen-bond acceptors (Lipinski definition) is 2. The number of unbranched alkanes of at least 4 members (excludes halogenated alkanes) is 18. The van der Waals surface area contributed by atoms with Gasteiger partial charge >= 0.3 is 0 Å². The summed E-state index contributed by atoms with van der Waals surface area (Å²) in [5.74, 6) is -0.122. The van der Waals surface area contributed by atoms with Crippen molar-refractivity contribution in [3.63, 3.8) is 0 Å². The maximum Gasteiger partial charge on any atom is 0.251 e. The normalized spacial score (nSPS) is 11.8. The number of nitrogens with one attached hydrogen (secondary N) is 2. The molecule has 2 amide bonds. The maximum absolute atomic E-state index is 12.7. The lowest BCUT2D eigenvalue weighted by Gasteiger charge is -2.15. The molecule has 2 aromatic rings. The van der Waals surface area contributed by atoms with Crippen LogP contribution >= 0.6 is 0 Å². The number of carbonyl (C=O) groups is 2. The Morgan fingerprint density at radius 1 is 0.610 bits per heavy atom. The standard InChI is InChI=1S/C37H58N2O2/c1-3-4-5-6-7-8-9-10-11-12-13-14-15-16-17-18-19-20-24-30-36(40)39-35-29-25-28-34(31-35)37(41)38-32(2)33-26-22-21-23-27-33/h21-23,25-29,31-32H,3-20,24,30H2,1-2H3,(H,38,41)(H,39,40). The highest BCUT2D eigenvalue weighted by Crippen LogP contribution is 2.17. The van der Waals surface area contributed by atoms with E-state index in [2.05, 4.69) is 17.6 Å². The minimum Gasteiger partial charge on any atom is -0.346 e. The van der Waals surface area contributed by atoms with E-state index in [-0.39, 0.29) is 17.9 Å². The second-order valence-corrected chi connectivity index (χ2v) is 11.8. The van der Waals surface area contributed by atoms with E-state index in [4.69, 9.17) is 0 Å². The van der Waals surface area contributed by atoms with Gasteiger partial charge in [-0.2, -0.15) is 0 Å². The Labute approximate surface area is 251 Å². The van der Waals surface area contributed by atoms with Gasteiger partial charge in [-0.1, -0.05) is 159 Å². The fourth-order valence-electron chi connectivity index (χ4n) is 5.43. The third-order valence-electron chi connectivity index (χ3n) is 8.06. The van der Waals surface area contributed by atoms with Crippen molar-refractivity contribution >= 4 is 17.5 Å². The Kier molecular flexibility index (Phi) is 19.4. The third-order valence-corrected chi connectivity index (χ3v) is 8.06. The van der Waals surface area contributed by atoms with E-state index in [9.17, 15) is 9.59 Å². The molecule has 0 heterocycles. The van der Waals surface area contributed by atoms with E-state index in [0.717, 1.165) is 18.4 Å². The molecule has 2 rings (SSSR count). The maximum atomic E-state index is 12.7. The van der Waals surface area contributed by atoms with E-state index in [1.165, 1.54) is 109 Å². The van der Waals surface area contributed by atoms with Crippen LogP contribution in [0.4, 0.5) is 5.69 Å². The third kappa shape index (κ3) is 17.1. The summed E-state index contributed by atoms with van der Waals surface area (Å²) in [5.41, 5.74) is 2.28. The Morgan fingerprint density at radius 2 is 1.10 bits per heavy atom. The predicted octanol–water partition coefficient (Wildman–Crippen LogP) is 10.9. The zero-order valence-corrected chi connectivity index (χ0v) is 26.2. The van der Waals surface area contributed by atoms with E-state index in [1.54, 1.807) is 12.1 Å². The lowest BCUT2D eigenvalue weighted by molar-refractivity contribution is -0.116. The van der Waals surface area contributed by atoms with Crippen molar-refractivity contribution in [1.29, 1.82) is 0 Å². The molecule has 0 aliphatic heterocycles. The lowest BCUT2D eigenvalue weighted by atomic mass is 10.0. The molecule has 1 atom stereocenters. The summed E-state index contributed by atoms with van der Waals surface area (Å²) < 4.78 is 0. The molecule has 4 heteroatoms. The van der Waals surface area contributed by atoms with Gasteiger partial charge in [0, 0.05) is 17.7 Å². The molecular formula is C37H58N2O2. The van der Waals surface area contributed by atoms with Gasteiger partial charge < -0.3 is 10.6 Å². The van der Waals surface area contributed by atoms with Gasteiger partial charge in [-0.3, -0.25) is 9.59 Å². The Bertz CT molecular complexity index is 943. The SMILES string of the molecule is CCCCCCCCCCCCCCCCCCCCCC(=O)Nc1cccc(C(=O)NC(C)c2ccccc2)c1. The van der Waals surface area contributed by atoms with Crippen LogP contribution in [0.5, 0.6) is 0 Å². The molecule has 228 valence electrons. The highest BCUT2D eigenvalue weighted by Gasteiger charge is 2.12. The van der Waals surface area contributed by atoms with Gasteiger partial charge in [-0.25, -0.2) is 0 Å². The molecule has 0 saturated carbocycles. The van der Waals surface area contributed by atoms with Gasteiger partial charge in [0.2, 0.25) is 5.91 Å². The molecule has 41 heavy (non-hydrogen) atoms. The monoisotopic (exact) mass is 562 g/mol. The summed E-state index contributed by atoms with van der Waals surface area (Å²) >= 11 is 0. The molecule has 4 nitrogen and oxygen atoms in total. The van der Waals surface area contributed by atoms with E-state index >= 15 is 0 Å². The molecule has 0 spiro atoms. The molecule has 0 saturated heterocycles. The first kappa shape index (κ1) is 34.6. The number of anilines is 1. The molecule has 0 aliphatic carbocycles. The average molecular weight is 563 g/mol. The van der Waals surface area contributed by atoms with Crippen LogP contribution in [-0.4, -0.2) is 11.8 Å². The predicted molar refractivity (Wildman–Crippen MR) is 175 cm³/mol. The second-order valence-electron chi connectivity index (χ2n) is 11.8. The molecule has 2 N–H and O–H groups in total. The molecule has 0 fully saturated rings. The summed E-state index contributed by atoms with van der Waals surface area (Å²) in [6.45, 7) is 4.26. The Morgan fingerprint density at radius 3 is 1.61 bits per heavy atom. The Balaban J connectivity index is 1.43. The number of rotatable bonds is 24. The van der Waals surface area contributed by atoms with Crippen LogP contribution < -0.4 is 10.6 Å². The summed E-state index contributed by atoms with van der Waals surface area (Å²) in [4.78, 5) is 25.1. The fourth-order valence-corrected chi connectivity index (χ4v) is 5.43. The molecule has 1 unspecified atom stereocenters. The number of hydrogen-bond donors (Lipinski definition) is 2. The average Bonchev–Trinajstić information content (AvgIpc) is 2.99. The zero-order valence-electron chi connectivity index (χ0n) is 26.2. The van der Waals surface area contributed by atoms with E-state index in [0.29, 0.717) is 17.7 Å². The van der Waals surface area contributed by atoms with Crippen LogP contribution in [0, 0.1) is 0 Å².